The van der Waals surface area contributed by atoms with E-state index in [0.29, 0.717) is 12.5 Å². The van der Waals surface area contributed by atoms with E-state index in [0.717, 1.165) is 7.11 Å². The molecule has 1 rings (SSSR count). The van der Waals surface area contributed by atoms with Crippen LogP contribution in [0.15, 0.2) is 18.7 Å². The molecular weight excluding hydrogens is 302 g/mol. The molecule has 0 saturated heterocycles. The summed E-state index contributed by atoms with van der Waals surface area (Å²) < 4.78 is 35.7. The van der Waals surface area contributed by atoms with E-state index in [1.807, 2.05) is 0 Å². The fraction of sp³-hybridized carbons (Fsp3) is 0.385. The van der Waals surface area contributed by atoms with Crippen molar-refractivity contribution in [2.24, 2.45) is 0 Å². The zero-order valence-electron chi connectivity index (χ0n) is 11.9. The minimum Gasteiger partial charge on any atom is -0.474 e. The molecule has 0 unspecified atom stereocenters. The Morgan fingerprint density at radius 1 is 1.59 bits per heavy atom. The monoisotopic (exact) mass is 316 g/mol. The van der Waals surface area contributed by atoms with E-state index in [1.165, 1.54) is 6.08 Å². The standard InChI is InChI=1S/C13H14F2N2O5/c1-4-5-7(2)22-12-8(11(14)15)6-9(17(19)20)10(16-12)13(18)21-3/h4,6-7,11H,1,5H2,2-3H3/t7-/m1/s1. The van der Waals surface area contributed by atoms with Gasteiger partial charge in [-0.3, -0.25) is 10.1 Å². The second-order valence-electron chi connectivity index (χ2n) is 4.25. The number of rotatable bonds is 7. The van der Waals surface area contributed by atoms with Crippen LogP contribution in [-0.4, -0.2) is 29.1 Å². The van der Waals surface area contributed by atoms with E-state index in [9.17, 15) is 23.7 Å². The predicted molar refractivity (Wildman–Crippen MR) is 72.1 cm³/mol. The zero-order valence-corrected chi connectivity index (χ0v) is 11.9. The van der Waals surface area contributed by atoms with E-state index < -0.39 is 46.2 Å². The molecule has 0 aliphatic carbocycles. The molecule has 0 radical (unpaired) electrons. The molecule has 9 heteroatoms. The quantitative estimate of drug-likeness (QED) is 0.332. The van der Waals surface area contributed by atoms with Crippen LogP contribution in [0.5, 0.6) is 5.88 Å². The number of methoxy groups -OCH3 is 1. The lowest BCUT2D eigenvalue weighted by Gasteiger charge is -2.15. The average molecular weight is 316 g/mol. The van der Waals surface area contributed by atoms with Gasteiger partial charge < -0.3 is 9.47 Å². The van der Waals surface area contributed by atoms with Gasteiger partial charge in [-0.25, -0.2) is 13.6 Å². The lowest BCUT2D eigenvalue weighted by Crippen LogP contribution is -2.16. The number of nitro groups is 1. The Balaban J connectivity index is 3.43. The van der Waals surface area contributed by atoms with Gasteiger partial charge in [0.2, 0.25) is 11.6 Å². The van der Waals surface area contributed by atoms with Crippen molar-refractivity contribution in [3.05, 3.63) is 40.1 Å². The van der Waals surface area contributed by atoms with E-state index in [2.05, 4.69) is 16.3 Å². The van der Waals surface area contributed by atoms with Crippen LogP contribution in [0, 0.1) is 10.1 Å². The van der Waals surface area contributed by atoms with Gasteiger partial charge >= 0.3 is 11.7 Å². The van der Waals surface area contributed by atoms with Crippen LogP contribution in [0.3, 0.4) is 0 Å². The van der Waals surface area contributed by atoms with Gasteiger partial charge in [-0.1, -0.05) is 6.08 Å². The molecule has 0 aliphatic rings. The van der Waals surface area contributed by atoms with Gasteiger partial charge in [0.05, 0.1) is 17.6 Å². The molecule has 7 nitrogen and oxygen atoms in total. The summed E-state index contributed by atoms with van der Waals surface area (Å²) in [5, 5.41) is 10.9. The van der Waals surface area contributed by atoms with Crippen molar-refractivity contribution in [3.8, 4) is 5.88 Å². The van der Waals surface area contributed by atoms with Crippen LogP contribution in [0.25, 0.3) is 0 Å². The first-order chi connectivity index (χ1) is 10.3. The molecule has 1 aromatic heterocycles. The summed E-state index contributed by atoms with van der Waals surface area (Å²) in [7, 11) is 0.996. The minimum atomic E-state index is -3.05. The number of hydrogen-bond donors (Lipinski definition) is 0. The molecule has 0 saturated carbocycles. The molecule has 120 valence electrons. The van der Waals surface area contributed by atoms with Crippen molar-refractivity contribution in [2.75, 3.05) is 7.11 Å². The fourth-order valence-corrected chi connectivity index (χ4v) is 1.61. The van der Waals surface area contributed by atoms with Crippen LogP contribution in [0.1, 0.15) is 35.8 Å². The van der Waals surface area contributed by atoms with Crippen LogP contribution in [0.2, 0.25) is 0 Å². The summed E-state index contributed by atoms with van der Waals surface area (Å²) in [5.41, 5.74) is -2.33. The van der Waals surface area contributed by atoms with E-state index in [4.69, 9.17) is 4.74 Å². The maximum absolute atomic E-state index is 13.0. The Kier molecular flexibility index (Phi) is 5.90. The summed E-state index contributed by atoms with van der Waals surface area (Å²) >= 11 is 0. The molecule has 0 aliphatic heterocycles. The van der Waals surface area contributed by atoms with Gasteiger partial charge in [0.15, 0.2) is 0 Å². The third-order valence-electron chi connectivity index (χ3n) is 2.62. The molecule has 0 bridgehead atoms. The van der Waals surface area contributed by atoms with E-state index in [1.54, 1.807) is 6.92 Å². The highest BCUT2D eigenvalue weighted by Crippen LogP contribution is 2.33. The van der Waals surface area contributed by atoms with E-state index >= 15 is 0 Å². The van der Waals surface area contributed by atoms with Gasteiger partial charge in [-0.15, -0.1) is 6.58 Å². The number of aromatic nitrogens is 1. The number of halogens is 2. The van der Waals surface area contributed by atoms with Crippen LogP contribution < -0.4 is 4.74 Å². The highest BCUT2D eigenvalue weighted by molar-refractivity contribution is 5.92. The highest BCUT2D eigenvalue weighted by Gasteiger charge is 2.30. The summed E-state index contributed by atoms with van der Waals surface area (Å²) in [6.45, 7) is 5.07. The second-order valence-corrected chi connectivity index (χ2v) is 4.25. The van der Waals surface area contributed by atoms with Gasteiger partial charge in [-0.05, 0) is 6.92 Å². The second kappa shape index (κ2) is 7.43. The third-order valence-corrected chi connectivity index (χ3v) is 2.62. The van der Waals surface area contributed by atoms with Crippen LogP contribution in [0.4, 0.5) is 14.5 Å². The van der Waals surface area contributed by atoms with Crippen molar-refractivity contribution < 1.29 is 28.0 Å². The SMILES string of the molecule is C=CC[C@@H](C)Oc1nc(C(=O)OC)c([N+](=O)[O-])cc1C(F)F. The van der Waals surface area contributed by atoms with Crippen molar-refractivity contribution in [3.63, 3.8) is 0 Å². The smallest absolute Gasteiger partial charge is 0.364 e. The molecule has 1 atom stereocenters. The first-order valence-corrected chi connectivity index (χ1v) is 6.15. The van der Waals surface area contributed by atoms with Crippen molar-refractivity contribution in [1.29, 1.82) is 0 Å². The largest absolute Gasteiger partial charge is 0.474 e. The Hall–Kier alpha value is -2.58. The number of pyridine rings is 1. The Labute approximate surface area is 124 Å². The van der Waals surface area contributed by atoms with Crippen molar-refractivity contribution in [2.45, 2.75) is 25.9 Å². The maximum Gasteiger partial charge on any atom is 0.364 e. The third kappa shape index (κ3) is 3.96. The Morgan fingerprint density at radius 3 is 2.68 bits per heavy atom. The number of carbonyl (C=O) groups excluding carboxylic acids is 1. The molecule has 1 heterocycles. The first kappa shape index (κ1) is 17.5. The summed E-state index contributed by atoms with van der Waals surface area (Å²) in [6.07, 6.45) is -1.74. The van der Waals surface area contributed by atoms with Gasteiger partial charge in [-0.2, -0.15) is 4.98 Å². The molecule has 0 fully saturated rings. The lowest BCUT2D eigenvalue weighted by molar-refractivity contribution is -0.385. The van der Waals surface area contributed by atoms with Crippen molar-refractivity contribution in [1.82, 2.24) is 4.98 Å². The summed E-state index contributed by atoms with van der Waals surface area (Å²) in [6, 6.07) is 0.569. The topological polar surface area (TPSA) is 91.6 Å². The average Bonchev–Trinajstić information content (AvgIpc) is 2.45. The Morgan fingerprint density at radius 2 is 2.23 bits per heavy atom. The molecule has 0 aromatic carbocycles. The molecule has 0 amide bonds. The van der Waals surface area contributed by atoms with Gasteiger partial charge in [0.1, 0.15) is 6.10 Å². The minimum absolute atomic E-state index is 0.342. The number of alkyl halides is 2. The number of esters is 1. The van der Waals surface area contributed by atoms with Gasteiger partial charge in [0, 0.05) is 12.5 Å². The van der Waals surface area contributed by atoms with Crippen molar-refractivity contribution >= 4 is 11.7 Å². The number of ether oxygens (including phenoxy) is 2. The normalized spacial score (nSPS) is 11.9. The number of carbonyl (C=O) groups is 1. The molecule has 1 aromatic rings. The van der Waals surface area contributed by atoms with E-state index in [-0.39, 0.29) is 0 Å². The molecule has 22 heavy (non-hydrogen) atoms. The summed E-state index contributed by atoms with van der Waals surface area (Å²) in [4.78, 5) is 25.0. The molecular formula is C13H14F2N2O5. The van der Waals surface area contributed by atoms with Gasteiger partial charge in [0.25, 0.3) is 6.43 Å². The van der Waals surface area contributed by atoms with Crippen LogP contribution in [-0.2, 0) is 4.74 Å². The zero-order chi connectivity index (χ0) is 16.9. The lowest BCUT2D eigenvalue weighted by atomic mass is 10.2. The fourth-order valence-electron chi connectivity index (χ4n) is 1.61. The predicted octanol–water partition coefficient (Wildman–Crippen LogP) is 3.06. The summed E-state index contributed by atoms with van der Waals surface area (Å²) in [5.74, 6) is -1.66. The molecule has 0 spiro atoms. The molecule has 0 N–H and O–H groups in total. The Bertz CT molecular complexity index is 592. The highest BCUT2D eigenvalue weighted by atomic mass is 19.3. The van der Waals surface area contributed by atoms with Crippen LogP contribution >= 0.6 is 0 Å². The maximum atomic E-state index is 13.0. The number of hydrogen-bond acceptors (Lipinski definition) is 6. The first-order valence-electron chi connectivity index (χ1n) is 6.15. The number of nitrogens with zero attached hydrogens (tertiary/aromatic N) is 2.